The van der Waals surface area contributed by atoms with Gasteiger partial charge >= 0.3 is 0 Å². The lowest BCUT2D eigenvalue weighted by Gasteiger charge is -2.13. The molecule has 7 rings (SSSR count). The fourth-order valence-electron chi connectivity index (χ4n) is 5.45. The molecule has 0 aliphatic carbocycles. The smallest absolute Gasteiger partial charge is 0.0541 e. The Labute approximate surface area is 227 Å². The van der Waals surface area contributed by atoms with Crippen molar-refractivity contribution in [3.63, 3.8) is 0 Å². The van der Waals surface area contributed by atoms with Crippen LogP contribution >= 0.6 is 11.6 Å². The van der Waals surface area contributed by atoms with Crippen molar-refractivity contribution in [3.8, 4) is 39.1 Å². The molecule has 2 heteroatoms. The molecule has 0 fully saturated rings. The normalized spacial score (nSPS) is 11.3. The van der Waals surface area contributed by atoms with E-state index in [1.165, 1.54) is 32.9 Å². The molecule has 1 aromatic heterocycles. The van der Waals surface area contributed by atoms with Crippen molar-refractivity contribution in [1.82, 2.24) is 4.57 Å². The van der Waals surface area contributed by atoms with Crippen molar-refractivity contribution in [1.29, 1.82) is 0 Å². The molecule has 0 saturated heterocycles. The van der Waals surface area contributed by atoms with E-state index in [0.29, 0.717) is 0 Å². The zero-order chi connectivity index (χ0) is 25.5. The first-order chi connectivity index (χ1) is 18.8. The van der Waals surface area contributed by atoms with E-state index >= 15 is 0 Å². The minimum absolute atomic E-state index is 0.748. The molecular formula is C36H24ClN. The van der Waals surface area contributed by atoms with E-state index in [4.69, 9.17) is 11.6 Å². The summed E-state index contributed by atoms with van der Waals surface area (Å²) in [6.45, 7) is 0. The Morgan fingerprint density at radius 1 is 0.395 bits per heavy atom. The highest BCUT2D eigenvalue weighted by Crippen LogP contribution is 2.36. The van der Waals surface area contributed by atoms with Crippen molar-refractivity contribution in [2.45, 2.75) is 0 Å². The molecule has 0 bridgehead atoms. The number of hydrogen-bond donors (Lipinski definition) is 0. The first-order valence-electron chi connectivity index (χ1n) is 12.8. The third-order valence-corrected chi connectivity index (χ3v) is 7.59. The van der Waals surface area contributed by atoms with E-state index in [0.717, 1.165) is 33.0 Å². The number of benzene rings is 6. The van der Waals surface area contributed by atoms with Crippen molar-refractivity contribution < 1.29 is 0 Å². The van der Waals surface area contributed by atoms with Gasteiger partial charge in [0.25, 0.3) is 0 Å². The van der Waals surface area contributed by atoms with Gasteiger partial charge in [0.2, 0.25) is 0 Å². The minimum atomic E-state index is 0.748. The predicted octanol–water partition coefficient (Wildman–Crippen LogP) is 10.4. The van der Waals surface area contributed by atoms with Gasteiger partial charge in [0, 0.05) is 27.0 Å². The van der Waals surface area contributed by atoms with E-state index < -0.39 is 0 Å². The number of rotatable bonds is 4. The molecule has 7 aromatic rings. The van der Waals surface area contributed by atoms with Gasteiger partial charge in [-0.05, 0) is 70.3 Å². The summed E-state index contributed by atoms with van der Waals surface area (Å²) in [6.07, 6.45) is 0. The number of nitrogens with zero attached hydrogens (tertiary/aromatic N) is 1. The molecule has 0 unspecified atom stereocenters. The fourth-order valence-corrected chi connectivity index (χ4v) is 5.67. The van der Waals surface area contributed by atoms with Gasteiger partial charge in [-0.3, -0.25) is 0 Å². The molecule has 0 atom stereocenters. The van der Waals surface area contributed by atoms with Crippen LogP contribution in [-0.2, 0) is 0 Å². The van der Waals surface area contributed by atoms with Gasteiger partial charge < -0.3 is 4.57 Å². The molecule has 6 aromatic carbocycles. The third kappa shape index (κ3) is 3.89. The summed E-state index contributed by atoms with van der Waals surface area (Å²) < 4.78 is 2.36. The summed E-state index contributed by atoms with van der Waals surface area (Å²) in [4.78, 5) is 0. The Morgan fingerprint density at radius 3 is 1.68 bits per heavy atom. The second kappa shape index (κ2) is 9.37. The molecular weight excluding hydrogens is 482 g/mol. The van der Waals surface area contributed by atoms with E-state index in [9.17, 15) is 0 Å². The van der Waals surface area contributed by atoms with Crippen molar-refractivity contribution >= 4 is 33.4 Å². The van der Waals surface area contributed by atoms with Crippen LogP contribution in [0.4, 0.5) is 0 Å². The van der Waals surface area contributed by atoms with Gasteiger partial charge in [0.1, 0.15) is 0 Å². The largest absolute Gasteiger partial charge is 0.309 e. The van der Waals surface area contributed by atoms with Crippen molar-refractivity contribution in [2.24, 2.45) is 0 Å². The van der Waals surface area contributed by atoms with Crippen LogP contribution in [0.2, 0.25) is 5.02 Å². The highest BCUT2D eigenvalue weighted by molar-refractivity contribution is 6.33. The van der Waals surface area contributed by atoms with Crippen LogP contribution in [0, 0.1) is 0 Å². The molecule has 180 valence electrons. The topological polar surface area (TPSA) is 4.93 Å². The Balaban J connectivity index is 1.34. The zero-order valence-electron chi connectivity index (χ0n) is 20.7. The maximum absolute atomic E-state index is 6.76. The maximum atomic E-state index is 6.76. The maximum Gasteiger partial charge on any atom is 0.0541 e. The average molecular weight is 506 g/mol. The predicted molar refractivity (Wildman–Crippen MR) is 162 cm³/mol. The molecule has 0 amide bonds. The van der Waals surface area contributed by atoms with Gasteiger partial charge in [-0.15, -0.1) is 0 Å². The zero-order valence-corrected chi connectivity index (χ0v) is 21.4. The Bertz CT molecular complexity index is 1880. The monoisotopic (exact) mass is 505 g/mol. The molecule has 0 spiro atoms. The minimum Gasteiger partial charge on any atom is -0.309 e. The van der Waals surface area contributed by atoms with Crippen LogP contribution in [0.25, 0.3) is 60.9 Å². The standard InChI is InChI=1S/C36H24ClN/c37-34-21-20-28(24-33(34)29-14-8-12-26(22-29)25-10-2-1-3-11-25)27-13-9-15-30(23-27)38-35-18-6-4-16-31(35)32-17-5-7-19-36(32)38/h1-24H. The summed E-state index contributed by atoms with van der Waals surface area (Å²) >= 11 is 6.76. The third-order valence-electron chi connectivity index (χ3n) is 7.26. The molecule has 1 heterocycles. The Morgan fingerprint density at radius 2 is 0.947 bits per heavy atom. The molecule has 0 aliphatic rings. The summed E-state index contributed by atoms with van der Waals surface area (Å²) in [5.41, 5.74) is 10.4. The molecule has 0 radical (unpaired) electrons. The van der Waals surface area contributed by atoms with Crippen LogP contribution < -0.4 is 0 Å². The SMILES string of the molecule is Clc1ccc(-c2cccc(-n3c4ccccc4c4ccccc43)c2)cc1-c1cccc(-c2ccccc2)c1. The summed E-state index contributed by atoms with van der Waals surface area (Å²) in [5, 5.41) is 3.28. The lowest BCUT2D eigenvalue weighted by molar-refractivity contribution is 1.18. The summed E-state index contributed by atoms with van der Waals surface area (Å²) in [7, 11) is 0. The van der Waals surface area contributed by atoms with Crippen LogP contribution in [0.1, 0.15) is 0 Å². The highest BCUT2D eigenvalue weighted by Gasteiger charge is 2.13. The number of halogens is 1. The summed E-state index contributed by atoms with van der Waals surface area (Å²) in [6, 6.07) is 51.4. The van der Waals surface area contributed by atoms with Crippen LogP contribution in [-0.4, -0.2) is 4.57 Å². The van der Waals surface area contributed by atoms with Gasteiger partial charge in [-0.25, -0.2) is 0 Å². The number of hydrogen-bond acceptors (Lipinski definition) is 0. The van der Waals surface area contributed by atoms with E-state index in [-0.39, 0.29) is 0 Å². The lowest BCUT2D eigenvalue weighted by Crippen LogP contribution is -1.94. The number of para-hydroxylation sites is 2. The van der Waals surface area contributed by atoms with Crippen LogP contribution in [0.3, 0.4) is 0 Å². The lowest BCUT2D eigenvalue weighted by atomic mass is 9.96. The van der Waals surface area contributed by atoms with Gasteiger partial charge in [0.15, 0.2) is 0 Å². The second-order valence-electron chi connectivity index (χ2n) is 9.56. The first kappa shape index (κ1) is 22.6. The van der Waals surface area contributed by atoms with E-state index in [2.05, 4.69) is 138 Å². The molecule has 0 aliphatic heterocycles. The molecule has 0 saturated carbocycles. The van der Waals surface area contributed by atoms with Crippen molar-refractivity contribution in [3.05, 3.63) is 151 Å². The highest BCUT2D eigenvalue weighted by atomic mass is 35.5. The first-order valence-corrected chi connectivity index (χ1v) is 13.2. The van der Waals surface area contributed by atoms with Gasteiger partial charge in [-0.2, -0.15) is 0 Å². The Kier molecular flexibility index (Phi) is 5.57. The van der Waals surface area contributed by atoms with Crippen LogP contribution in [0.15, 0.2) is 146 Å². The van der Waals surface area contributed by atoms with Crippen molar-refractivity contribution in [2.75, 3.05) is 0 Å². The number of fused-ring (bicyclic) bond motifs is 3. The fraction of sp³-hybridized carbons (Fsp3) is 0. The molecule has 0 N–H and O–H groups in total. The average Bonchev–Trinajstić information content (AvgIpc) is 3.32. The van der Waals surface area contributed by atoms with Gasteiger partial charge in [0.05, 0.1) is 11.0 Å². The van der Waals surface area contributed by atoms with Crippen LogP contribution in [0.5, 0.6) is 0 Å². The summed E-state index contributed by atoms with van der Waals surface area (Å²) in [5.74, 6) is 0. The van der Waals surface area contributed by atoms with E-state index in [1.54, 1.807) is 0 Å². The molecule has 38 heavy (non-hydrogen) atoms. The molecule has 1 nitrogen and oxygen atoms in total. The second-order valence-corrected chi connectivity index (χ2v) is 9.97. The quantitative estimate of drug-likeness (QED) is 0.224. The van der Waals surface area contributed by atoms with E-state index in [1.807, 2.05) is 12.1 Å². The number of aromatic nitrogens is 1. The Hall–Kier alpha value is -4.59. The van der Waals surface area contributed by atoms with Gasteiger partial charge in [-0.1, -0.05) is 115 Å².